The van der Waals surface area contributed by atoms with Gasteiger partial charge in [0.15, 0.2) is 5.76 Å². The summed E-state index contributed by atoms with van der Waals surface area (Å²) in [6, 6.07) is 0.318. The van der Waals surface area contributed by atoms with E-state index in [2.05, 4.69) is 11.4 Å². The summed E-state index contributed by atoms with van der Waals surface area (Å²) >= 11 is 0. The lowest BCUT2D eigenvalue weighted by atomic mass is 9.76. The van der Waals surface area contributed by atoms with Gasteiger partial charge in [0.1, 0.15) is 0 Å². The van der Waals surface area contributed by atoms with Gasteiger partial charge in [-0.3, -0.25) is 4.79 Å². The predicted octanol–water partition coefficient (Wildman–Crippen LogP) is 3.76. The van der Waals surface area contributed by atoms with E-state index < -0.39 is 0 Å². The Morgan fingerprint density at radius 3 is 2.68 bits per heavy atom. The molecule has 5 nitrogen and oxygen atoms in total. The van der Waals surface area contributed by atoms with Crippen molar-refractivity contribution in [3.8, 4) is 0 Å². The van der Waals surface area contributed by atoms with Gasteiger partial charge in [0, 0.05) is 25.2 Å². The Balaban J connectivity index is 1.50. The zero-order chi connectivity index (χ0) is 19.5. The molecule has 0 radical (unpaired) electrons. The van der Waals surface area contributed by atoms with E-state index in [4.69, 9.17) is 9.47 Å². The summed E-state index contributed by atoms with van der Waals surface area (Å²) in [5, 5.41) is 12.6. The van der Waals surface area contributed by atoms with E-state index in [1.807, 2.05) is 6.92 Å². The second kappa shape index (κ2) is 9.17. The van der Waals surface area contributed by atoms with Gasteiger partial charge in [0.2, 0.25) is 6.29 Å². The van der Waals surface area contributed by atoms with E-state index in [0.29, 0.717) is 36.2 Å². The van der Waals surface area contributed by atoms with Crippen LogP contribution in [-0.2, 0) is 14.3 Å². The number of rotatable bonds is 8. The van der Waals surface area contributed by atoms with Crippen molar-refractivity contribution in [2.45, 2.75) is 83.5 Å². The molecule has 5 heteroatoms. The van der Waals surface area contributed by atoms with Crippen molar-refractivity contribution in [2.75, 3.05) is 13.2 Å². The average molecular weight is 392 g/mol. The van der Waals surface area contributed by atoms with Gasteiger partial charge in [-0.25, -0.2) is 0 Å². The maximum absolute atomic E-state index is 13.1. The molecule has 3 aliphatic carbocycles. The summed E-state index contributed by atoms with van der Waals surface area (Å²) in [6.45, 7) is 2.73. The van der Waals surface area contributed by atoms with Crippen LogP contribution in [0.1, 0.15) is 71.1 Å². The van der Waals surface area contributed by atoms with Crippen molar-refractivity contribution >= 4 is 5.91 Å². The molecule has 1 amide bonds. The van der Waals surface area contributed by atoms with Gasteiger partial charge in [-0.15, -0.1) is 0 Å². The minimum atomic E-state index is -0.382. The first-order valence-corrected chi connectivity index (χ1v) is 11.6. The Kier molecular flexibility index (Phi) is 6.62. The lowest BCUT2D eigenvalue weighted by Crippen LogP contribution is -2.44. The lowest BCUT2D eigenvalue weighted by molar-refractivity contribution is -0.176. The second-order valence-corrected chi connectivity index (χ2v) is 9.38. The third-order valence-electron chi connectivity index (χ3n) is 7.68. The standard InChI is InChI=1S/C23H37NO4/c1-2-27-23-18(8-5-11-25)19(16-6-3-4-7-16)14-21(28-23)22(26)24-20-13-15-9-10-17(20)12-15/h14-20,23,25H,2-13H2,1H3,(H,24,26)/t15?,17?,18-,19+,20?,23+/m0/s1. The molecular formula is C23H37NO4. The minimum Gasteiger partial charge on any atom is -0.459 e. The normalized spacial score (nSPS) is 37.7. The number of hydrogen-bond donors (Lipinski definition) is 2. The Hall–Kier alpha value is -1.07. The zero-order valence-corrected chi connectivity index (χ0v) is 17.3. The van der Waals surface area contributed by atoms with Crippen LogP contribution in [0.4, 0.5) is 0 Å². The number of aliphatic hydroxyl groups excluding tert-OH is 1. The van der Waals surface area contributed by atoms with Crippen LogP contribution >= 0.6 is 0 Å². The molecule has 28 heavy (non-hydrogen) atoms. The van der Waals surface area contributed by atoms with Gasteiger partial charge >= 0.3 is 0 Å². The van der Waals surface area contributed by atoms with Crippen LogP contribution in [0.3, 0.4) is 0 Å². The summed E-state index contributed by atoms with van der Waals surface area (Å²) < 4.78 is 12.1. The van der Waals surface area contributed by atoms with Gasteiger partial charge in [-0.05, 0) is 81.6 Å². The Morgan fingerprint density at radius 2 is 2.04 bits per heavy atom. The van der Waals surface area contributed by atoms with Crippen molar-refractivity contribution in [2.24, 2.45) is 29.6 Å². The molecule has 2 bridgehead atoms. The van der Waals surface area contributed by atoms with Crippen LogP contribution in [0.25, 0.3) is 0 Å². The highest BCUT2D eigenvalue weighted by Gasteiger charge is 2.43. The summed E-state index contributed by atoms with van der Waals surface area (Å²) in [6.07, 6.45) is 13.3. The molecule has 3 saturated carbocycles. The van der Waals surface area contributed by atoms with E-state index in [1.54, 1.807) is 0 Å². The van der Waals surface area contributed by atoms with E-state index in [9.17, 15) is 9.90 Å². The summed E-state index contributed by atoms with van der Waals surface area (Å²) in [7, 11) is 0. The molecular weight excluding hydrogens is 354 g/mol. The first kappa shape index (κ1) is 20.2. The van der Waals surface area contributed by atoms with Crippen molar-refractivity contribution in [1.29, 1.82) is 0 Å². The number of nitrogens with one attached hydrogen (secondary N) is 1. The number of aliphatic hydroxyl groups is 1. The molecule has 1 aliphatic heterocycles. The SMILES string of the molecule is CCO[C@@H]1OC(C(=O)NC2CC3CCC2C3)=C[C@H](C2CCCC2)[C@@H]1CCCO. The molecule has 3 fully saturated rings. The van der Waals surface area contributed by atoms with Crippen molar-refractivity contribution < 1.29 is 19.4 Å². The molecule has 0 aromatic rings. The van der Waals surface area contributed by atoms with E-state index in [0.717, 1.165) is 25.2 Å². The van der Waals surface area contributed by atoms with E-state index in [1.165, 1.54) is 44.9 Å². The molecule has 0 aromatic carbocycles. The van der Waals surface area contributed by atoms with Crippen molar-refractivity contribution in [3.05, 3.63) is 11.8 Å². The Labute approximate surface area is 169 Å². The third-order valence-corrected chi connectivity index (χ3v) is 7.68. The van der Waals surface area contributed by atoms with Crippen LogP contribution in [0.15, 0.2) is 11.8 Å². The summed E-state index contributed by atoms with van der Waals surface area (Å²) in [5.41, 5.74) is 0. The maximum Gasteiger partial charge on any atom is 0.286 e. The molecule has 1 heterocycles. The number of amides is 1. The summed E-state index contributed by atoms with van der Waals surface area (Å²) in [4.78, 5) is 13.1. The maximum atomic E-state index is 13.1. The van der Waals surface area contributed by atoms with E-state index in [-0.39, 0.29) is 24.7 Å². The molecule has 4 aliphatic rings. The van der Waals surface area contributed by atoms with Gasteiger partial charge in [-0.2, -0.15) is 0 Å². The predicted molar refractivity (Wildman–Crippen MR) is 107 cm³/mol. The molecule has 0 spiro atoms. The van der Waals surface area contributed by atoms with Crippen LogP contribution in [-0.4, -0.2) is 36.6 Å². The molecule has 0 saturated heterocycles. The number of fused-ring (bicyclic) bond motifs is 2. The average Bonchev–Trinajstić information content (AvgIpc) is 3.45. The fourth-order valence-corrected chi connectivity index (χ4v) is 6.33. The first-order valence-electron chi connectivity index (χ1n) is 11.6. The largest absolute Gasteiger partial charge is 0.459 e. The Bertz CT molecular complexity index is 571. The van der Waals surface area contributed by atoms with Gasteiger partial charge in [0.05, 0.1) is 0 Å². The fourth-order valence-electron chi connectivity index (χ4n) is 6.33. The van der Waals surface area contributed by atoms with Crippen LogP contribution < -0.4 is 5.32 Å². The molecule has 4 rings (SSSR count). The van der Waals surface area contributed by atoms with Gasteiger partial charge in [0.25, 0.3) is 5.91 Å². The monoisotopic (exact) mass is 391 g/mol. The quantitative estimate of drug-likeness (QED) is 0.661. The second-order valence-electron chi connectivity index (χ2n) is 9.38. The Morgan fingerprint density at radius 1 is 1.21 bits per heavy atom. The van der Waals surface area contributed by atoms with Crippen molar-refractivity contribution in [1.82, 2.24) is 5.32 Å². The number of allylic oxidation sites excluding steroid dienone is 1. The van der Waals surface area contributed by atoms with Gasteiger partial charge < -0.3 is 19.9 Å². The lowest BCUT2D eigenvalue weighted by Gasteiger charge is -2.39. The van der Waals surface area contributed by atoms with Crippen molar-refractivity contribution in [3.63, 3.8) is 0 Å². The highest BCUT2D eigenvalue weighted by Crippen LogP contribution is 2.45. The molecule has 0 aromatic heterocycles. The number of hydrogen-bond acceptors (Lipinski definition) is 4. The van der Waals surface area contributed by atoms with Crippen LogP contribution in [0, 0.1) is 29.6 Å². The molecule has 2 N–H and O–H groups in total. The number of carbonyl (C=O) groups excluding carboxylic acids is 1. The fraction of sp³-hybridized carbons (Fsp3) is 0.870. The number of carbonyl (C=O) groups is 1. The highest BCUT2D eigenvalue weighted by molar-refractivity contribution is 5.91. The zero-order valence-electron chi connectivity index (χ0n) is 17.3. The smallest absolute Gasteiger partial charge is 0.286 e. The molecule has 158 valence electrons. The topological polar surface area (TPSA) is 67.8 Å². The van der Waals surface area contributed by atoms with Crippen LogP contribution in [0.5, 0.6) is 0 Å². The summed E-state index contributed by atoms with van der Waals surface area (Å²) in [5.74, 6) is 3.00. The highest BCUT2D eigenvalue weighted by atomic mass is 16.7. The minimum absolute atomic E-state index is 0.0501. The molecule has 3 unspecified atom stereocenters. The van der Waals surface area contributed by atoms with Gasteiger partial charge in [-0.1, -0.05) is 19.3 Å². The van der Waals surface area contributed by atoms with E-state index >= 15 is 0 Å². The first-order chi connectivity index (χ1) is 13.7. The third kappa shape index (κ3) is 4.25. The molecule has 6 atom stereocenters. The van der Waals surface area contributed by atoms with Crippen LogP contribution in [0.2, 0.25) is 0 Å². The number of ether oxygens (including phenoxy) is 2.